The van der Waals surface area contributed by atoms with Crippen molar-refractivity contribution in [3.05, 3.63) is 17.1 Å². The van der Waals surface area contributed by atoms with Crippen molar-refractivity contribution >= 4 is 5.91 Å². The molecule has 1 aromatic heterocycles. The zero-order valence-electron chi connectivity index (χ0n) is 15.0. The molecule has 6 heteroatoms. The Morgan fingerprint density at radius 1 is 1.29 bits per heavy atom. The van der Waals surface area contributed by atoms with Crippen LogP contribution in [0.25, 0.3) is 0 Å². The zero-order chi connectivity index (χ0) is 17.5. The SMILES string of the molecule is Cc1nc(C(C)C)nc(OCC(=O)NC2CCCCC2)c1CCO. The van der Waals surface area contributed by atoms with E-state index in [0.29, 0.717) is 18.1 Å². The summed E-state index contributed by atoms with van der Waals surface area (Å²) in [6, 6.07) is 0.269. The van der Waals surface area contributed by atoms with Gasteiger partial charge in [-0.1, -0.05) is 33.1 Å². The van der Waals surface area contributed by atoms with Crippen LogP contribution < -0.4 is 10.1 Å². The average molecular weight is 335 g/mol. The maximum atomic E-state index is 12.1. The summed E-state index contributed by atoms with van der Waals surface area (Å²) in [5.74, 6) is 1.17. The number of rotatable bonds is 7. The van der Waals surface area contributed by atoms with Gasteiger partial charge in [-0.3, -0.25) is 4.79 Å². The first kappa shape index (κ1) is 18.6. The Hall–Kier alpha value is -1.69. The zero-order valence-corrected chi connectivity index (χ0v) is 15.0. The van der Waals surface area contributed by atoms with E-state index in [1.165, 1.54) is 19.3 Å². The first-order chi connectivity index (χ1) is 11.5. The van der Waals surface area contributed by atoms with E-state index in [-0.39, 0.29) is 31.1 Å². The largest absolute Gasteiger partial charge is 0.467 e. The van der Waals surface area contributed by atoms with E-state index in [9.17, 15) is 9.90 Å². The minimum Gasteiger partial charge on any atom is -0.467 e. The summed E-state index contributed by atoms with van der Waals surface area (Å²) in [4.78, 5) is 21.0. The number of aryl methyl sites for hydroxylation is 1. The molecule has 1 fully saturated rings. The van der Waals surface area contributed by atoms with Gasteiger partial charge in [-0.15, -0.1) is 0 Å². The smallest absolute Gasteiger partial charge is 0.258 e. The summed E-state index contributed by atoms with van der Waals surface area (Å²) < 4.78 is 5.69. The van der Waals surface area contributed by atoms with E-state index in [1.54, 1.807) is 0 Å². The predicted molar refractivity (Wildman–Crippen MR) is 92.2 cm³/mol. The average Bonchev–Trinajstić information content (AvgIpc) is 2.56. The molecule has 0 unspecified atom stereocenters. The van der Waals surface area contributed by atoms with Gasteiger partial charge in [0, 0.05) is 36.2 Å². The molecule has 0 radical (unpaired) electrons. The molecule has 0 atom stereocenters. The quantitative estimate of drug-likeness (QED) is 0.798. The highest BCUT2D eigenvalue weighted by Gasteiger charge is 2.18. The lowest BCUT2D eigenvalue weighted by Crippen LogP contribution is -2.39. The van der Waals surface area contributed by atoms with Gasteiger partial charge in [0.05, 0.1) is 0 Å². The third-order valence-electron chi connectivity index (χ3n) is 4.38. The second-order valence-corrected chi connectivity index (χ2v) is 6.77. The Morgan fingerprint density at radius 3 is 2.62 bits per heavy atom. The minimum atomic E-state index is -0.112. The Bertz CT molecular complexity index is 555. The fraction of sp³-hybridized carbons (Fsp3) is 0.722. The van der Waals surface area contributed by atoms with Gasteiger partial charge in [0.1, 0.15) is 5.82 Å². The van der Waals surface area contributed by atoms with Crippen molar-refractivity contribution in [1.82, 2.24) is 15.3 Å². The lowest BCUT2D eigenvalue weighted by atomic mass is 9.95. The number of carbonyl (C=O) groups is 1. The second kappa shape index (κ2) is 8.97. The van der Waals surface area contributed by atoms with Gasteiger partial charge in [-0.2, -0.15) is 4.98 Å². The molecule has 0 aliphatic heterocycles. The van der Waals surface area contributed by atoms with Crippen molar-refractivity contribution in [3.8, 4) is 5.88 Å². The highest BCUT2D eigenvalue weighted by Crippen LogP contribution is 2.22. The van der Waals surface area contributed by atoms with Gasteiger partial charge in [0.25, 0.3) is 5.91 Å². The highest BCUT2D eigenvalue weighted by molar-refractivity contribution is 5.77. The molecule has 2 rings (SSSR count). The van der Waals surface area contributed by atoms with Crippen molar-refractivity contribution in [2.24, 2.45) is 0 Å². The Kier molecular flexibility index (Phi) is 6.97. The molecule has 0 spiro atoms. The summed E-state index contributed by atoms with van der Waals surface area (Å²) in [5, 5.41) is 12.3. The normalized spacial score (nSPS) is 15.5. The first-order valence-electron chi connectivity index (χ1n) is 8.91. The molecule has 24 heavy (non-hydrogen) atoms. The maximum absolute atomic E-state index is 12.1. The summed E-state index contributed by atoms with van der Waals surface area (Å²) >= 11 is 0. The van der Waals surface area contributed by atoms with E-state index in [0.717, 1.165) is 24.1 Å². The number of ether oxygens (including phenoxy) is 1. The van der Waals surface area contributed by atoms with Crippen molar-refractivity contribution in [2.75, 3.05) is 13.2 Å². The van der Waals surface area contributed by atoms with Gasteiger partial charge in [0.15, 0.2) is 6.61 Å². The Labute approximate surface area is 144 Å². The van der Waals surface area contributed by atoms with Crippen LogP contribution in [0.15, 0.2) is 0 Å². The summed E-state index contributed by atoms with van der Waals surface area (Å²) in [6.07, 6.45) is 6.12. The van der Waals surface area contributed by atoms with E-state index >= 15 is 0 Å². The third-order valence-corrected chi connectivity index (χ3v) is 4.38. The van der Waals surface area contributed by atoms with Crippen LogP contribution in [0.3, 0.4) is 0 Å². The molecule has 1 aliphatic carbocycles. The minimum absolute atomic E-state index is 0.00411. The van der Waals surface area contributed by atoms with E-state index in [4.69, 9.17) is 4.74 Å². The number of carbonyl (C=O) groups excluding carboxylic acids is 1. The van der Waals surface area contributed by atoms with E-state index in [2.05, 4.69) is 15.3 Å². The van der Waals surface area contributed by atoms with Gasteiger partial charge in [-0.05, 0) is 19.8 Å². The molecule has 1 aliphatic rings. The number of nitrogens with one attached hydrogen (secondary N) is 1. The molecular formula is C18H29N3O3. The fourth-order valence-corrected chi connectivity index (χ4v) is 3.02. The molecule has 0 aromatic carbocycles. The molecule has 2 N–H and O–H groups in total. The van der Waals surface area contributed by atoms with E-state index in [1.807, 2.05) is 20.8 Å². The first-order valence-corrected chi connectivity index (χ1v) is 8.91. The van der Waals surface area contributed by atoms with Gasteiger partial charge in [-0.25, -0.2) is 4.98 Å². The number of hydrogen-bond donors (Lipinski definition) is 2. The fourth-order valence-electron chi connectivity index (χ4n) is 3.02. The Morgan fingerprint density at radius 2 is 2.00 bits per heavy atom. The highest BCUT2D eigenvalue weighted by atomic mass is 16.5. The number of nitrogens with zero attached hydrogens (tertiary/aromatic N) is 2. The van der Waals surface area contributed by atoms with Gasteiger partial charge in [0.2, 0.25) is 5.88 Å². The topological polar surface area (TPSA) is 84.3 Å². The van der Waals surface area contributed by atoms with Crippen LogP contribution in [0.4, 0.5) is 0 Å². The lowest BCUT2D eigenvalue weighted by Gasteiger charge is -2.23. The Balaban J connectivity index is 2.02. The number of aromatic nitrogens is 2. The van der Waals surface area contributed by atoms with Crippen LogP contribution in [0, 0.1) is 6.92 Å². The van der Waals surface area contributed by atoms with Crippen molar-refractivity contribution < 1.29 is 14.6 Å². The van der Waals surface area contributed by atoms with Crippen LogP contribution in [0.5, 0.6) is 5.88 Å². The van der Waals surface area contributed by atoms with Crippen LogP contribution in [0.2, 0.25) is 0 Å². The summed E-state index contributed by atoms with van der Waals surface area (Å²) in [5.41, 5.74) is 1.57. The summed E-state index contributed by atoms with van der Waals surface area (Å²) in [6.45, 7) is 5.85. The van der Waals surface area contributed by atoms with Crippen LogP contribution in [-0.2, 0) is 11.2 Å². The van der Waals surface area contributed by atoms with Crippen molar-refractivity contribution in [3.63, 3.8) is 0 Å². The molecular weight excluding hydrogens is 306 g/mol. The molecule has 0 bridgehead atoms. The molecule has 0 saturated heterocycles. The van der Waals surface area contributed by atoms with Crippen LogP contribution in [0.1, 0.15) is 69.0 Å². The maximum Gasteiger partial charge on any atom is 0.258 e. The van der Waals surface area contributed by atoms with Crippen molar-refractivity contribution in [1.29, 1.82) is 0 Å². The van der Waals surface area contributed by atoms with Crippen molar-refractivity contribution in [2.45, 2.75) is 71.3 Å². The molecule has 134 valence electrons. The number of aliphatic hydroxyl groups is 1. The number of hydrogen-bond acceptors (Lipinski definition) is 5. The summed E-state index contributed by atoms with van der Waals surface area (Å²) in [7, 11) is 0. The van der Waals surface area contributed by atoms with Crippen LogP contribution >= 0.6 is 0 Å². The number of aliphatic hydroxyl groups excluding tert-OH is 1. The van der Waals surface area contributed by atoms with Gasteiger partial charge >= 0.3 is 0 Å². The standard InChI is InChI=1S/C18H29N3O3/c1-12(2)17-19-13(3)15(9-10-22)18(21-17)24-11-16(23)20-14-7-5-4-6-8-14/h12,14,22H,4-11H2,1-3H3,(H,20,23). The molecule has 1 saturated carbocycles. The second-order valence-electron chi connectivity index (χ2n) is 6.77. The molecule has 1 aromatic rings. The monoisotopic (exact) mass is 335 g/mol. The molecule has 1 heterocycles. The number of amides is 1. The van der Waals surface area contributed by atoms with Crippen LogP contribution in [-0.4, -0.2) is 40.2 Å². The van der Waals surface area contributed by atoms with Gasteiger partial charge < -0.3 is 15.2 Å². The molecule has 1 amide bonds. The third kappa shape index (κ3) is 5.16. The van der Waals surface area contributed by atoms with E-state index < -0.39 is 0 Å². The molecule has 6 nitrogen and oxygen atoms in total. The lowest BCUT2D eigenvalue weighted by molar-refractivity contribution is -0.124. The predicted octanol–water partition coefficient (Wildman–Crippen LogP) is 2.27.